The number of ketones is 3. The fourth-order valence-corrected chi connectivity index (χ4v) is 7.22. The van der Waals surface area contributed by atoms with Crippen LogP contribution < -0.4 is 4.74 Å². The molecule has 47 heavy (non-hydrogen) atoms. The number of aliphatic hydroxyl groups excluding tert-OH is 2. The van der Waals surface area contributed by atoms with Gasteiger partial charge in [-0.1, -0.05) is 38.8 Å². The Bertz CT molecular complexity index is 1530. The molecule has 5 N–H and O–H groups in total. The number of carbonyl (C=O) groups excluding carboxylic acids is 3. The first-order chi connectivity index (χ1) is 22.4. The topological polar surface area (TPSA) is 183 Å². The zero-order chi connectivity index (χ0) is 34.2. The Labute approximate surface area is 273 Å². The minimum absolute atomic E-state index is 0.0355. The van der Waals surface area contributed by atoms with Crippen LogP contribution in [0.2, 0.25) is 0 Å². The molecule has 256 valence electrons. The Morgan fingerprint density at radius 1 is 1.04 bits per heavy atom. The Balaban J connectivity index is 1.59. The third-order valence-corrected chi connectivity index (χ3v) is 9.80. The zero-order valence-electron chi connectivity index (χ0n) is 27.3. The summed E-state index contributed by atoms with van der Waals surface area (Å²) in [6, 6.07) is 4.10. The van der Waals surface area contributed by atoms with Crippen LogP contribution in [0.3, 0.4) is 0 Å². The van der Waals surface area contributed by atoms with Crippen LogP contribution in [0.15, 0.2) is 18.2 Å². The maximum atomic E-state index is 13.9. The molecule has 1 fully saturated rings. The van der Waals surface area contributed by atoms with Crippen LogP contribution >= 0.6 is 0 Å². The normalized spacial score (nSPS) is 26.9. The molecule has 0 unspecified atom stereocenters. The quantitative estimate of drug-likeness (QED) is 0.180. The molecule has 12 heteroatoms. The van der Waals surface area contributed by atoms with E-state index in [2.05, 4.69) is 18.7 Å². The van der Waals surface area contributed by atoms with Crippen molar-refractivity contribution in [2.45, 2.75) is 102 Å². The van der Waals surface area contributed by atoms with Crippen molar-refractivity contribution in [1.82, 2.24) is 4.90 Å². The molecule has 1 saturated heterocycles. The molecule has 0 amide bonds. The van der Waals surface area contributed by atoms with Crippen molar-refractivity contribution in [3.05, 3.63) is 51.6 Å². The van der Waals surface area contributed by atoms with E-state index in [-0.39, 0.29) is 40.5 Å². The number of Topliss-reactive ketones (excluding diaryl/α,β-unsaturated/α-hetero) is 1. The minimum Gasteiger partial charge on any atom is -0.507 e. The van der Waals surface area contributed by atoms with Gasteiger partial charge in [0.05, 0.1) is 42.1 Å². The number of fused-ring (bicyclic) bond motifs is 3. The van der Waals surface area contributed by atoms with E-state index in [9.17, 15) is 39.9 Å². The number of aromatic hydroxyl groups is 2. The molecule has 1 aliphatic heterocycles. The Morgan fingerprint density at radius 3 is 2.32 bits per heavy atom. The molecule has 6 atom stereocenters. The van der Waals surface area contributed by atoms with Gasteiger partial charge in [-0.05, 0) is 38.9 Å². The lowest BCUT2D eigenvalue weighted by Crippen LogP contribution is -2.56. The number of hydrogen-bond acceptors (Lipinski definition) is 12. The highest BCUT2D eigenvalue weighted by Gasteiger charge is 2.50. The third-order valence-electron chi connectivity index (χ3n) is 9.80. The molecular weight excluding hydrogens is 610 g/mol. The number of rotatable bonds is 12. The number of carbonyl (C=O) groups is 3. The highest BCUT2D eigenvalue weighted by Crippen LogP contribution is 2.52. The molecule has 0 saturated carbocycles. The van der Waals surface area contributed by atoms with Crippen molar-refractivity contribution in [2.24, 2.45) is 0 Å². The predicted molar refractivity (Wildman–Crippen MR) is 169 cm³/mol. The number of ether oxygens (including phenoxy) is 3. The lowest BCUT2D eigenvalue weighted by atomic mass is 9.72. The van der Waals surface area contributed by atoms with Crippen LogP contribution in [0.4, 0.5) is 0 Å². The molecule has 12 nitrogen and oxygen atoms in total. The number of benzene rings is 2. The first-order valence-corrected chi connectivity index (χ1v) is 16.4. The molecule has 2 aromatic carbocycles. The van der Waals surface area contributed by atoms with Crippen molar-refractivity contribution >= 4 is 17.3 Å². The average molecular weight is 656 g/mol. The molecule has 0 aromatic heterocycles. The maximum absolute atomic E-state index is 13.9. The maximum Gasteiger partial charge on any atom is 0.202 e. The SMILES string of the molecule is CCCCN(CCCC)[C@H]1C[C@H](O[C@H]2C[C@](O)(C(=O)CO)Cc3c(O)c4c(c(O)c32)C(=O)c2c(OC)cccc2C4=O)O[C@@H](C)[C@H]1O. The lowest BCUT2D eigenvalue weighted by Gasteiger charge is -2.45. The summed E-state index contributed by atoms with van der Waals surface area (Å²) in [6.45, 7) is 6.43. The van der Waals surface area contributed by atoms with Gasteiger partial charge >= 0.3 is 0 Å². The number of hydrogen-bond donors (Lipinski definition) is 5. The van der Waals surface area contributed by atoms with Crippen LogP contribution in [0, 0.1) is 0 Å². The van der Waals surface area contributed by atoms with Crippen LogP contribution in [-0.2, 0) is 20.7 Å². The fraction of sp³-hybridized carbons (Fsp3) is 0.571. The second kappa shape index (κ2) is 14.0. The highest BCUT2D eigenvalue weighted by molar-refractivity contribution is 6.31. The first kappa shape index (κ1) is 34.9. The van der Waals surface area contributed by atoms with Gasteiger partial charge in [0.15, 0.2) is 17.9 Å². The van der Waals surface area contributed by atoms with Gasteiger partial charge in [0.1, 0.15) is 29.5 Å². The van der Waals surface area contributed by atoms with Gasteiger partial charge in [0.25, 0.3) is 0 Å². The Morgan fingerprint density at radius 2 is 1.70 bits per heavy atom. The molecule has 2 aromatic rings. The molecule has 0 radical (unpaired) electrons. The first-order valence-electron chi connectivity index (χ1n) is 16.4. The summed E-state index contributed by atoms with van der Waals surface area (Å²) < 4.78 is 17.8. The summed E-state index contributed by atoms with van der Waals surface area (Å²) in [6.07, 6.45) is -0.742. The van der Waals surface area contributed by atoms with Crippen LogP contribution in [0.1, 0.15) is 108 Å². The van der Waals surface area contributed by atoms with E-state index in [0.29, 0.717) is 0 Å². The van der Waals surface area contributed by atoms with Crippen molar-refractivity contribution in [3.8, 4) is 17.2 Å². The van der Waals surface area contributed by atoms with Crippen LogP contribution in [0.5, 0.6) is 17.2 Å². The number of nitrogens with zero attached hydrogens (tertiary/aromatic N) is 1. The standard InChI is InChI=1S/C35H45NO11/c1-5-7-12-36(13-8-6-2)21-14-25(46-18(3)30(21)39)47-23-16-35(44,24(38)17-37)15-20-27(23)34(43)29-28(32(20)41)31(40)19-10-9-11-22(45-4)26(19)33(29)42/h9-11,18,21,23,25,30,37,39,41,43-44H,5-8,12-17H2,1-4H3/t18-,21-,23-,25-,30+,35-/m0/s1. The minimum atomic E-state index is -2.24. The van der Waals surface area contributed by atoms with E-state index < -0.39 is 89.6 Å². The molecular formula is C35H45NO11. The predicted octanol–water partition coefficient (Wildman–Crippen LogP) is 2.94. The third kappa shape index (κ3) is 6.18. The average Bonchev–Trinajstić information content (AvgIpc) is 3.06. The summed E-state index contributed by atoms with van der Waals surface area (Å²) in [5.41, 5.74) is -3.45. The lowest BCUT2D eigenvalue weighted by molar-refractivity contribution is -0.258. The van der Waals surface area contributed by atoms with Gasteiger partial charge in [-0.25, -0.2) is 0 Å². The number of methoxy groups -OCH3 is 1. The number of aliphatic hydroxyl groups is 3. The van der Waals surface area contributed by atoms with E-state index in [0.717, 1.165) is 38.8 Å². The number of phenols is 2. The monoisotopic (exact) mass is 655 g/mol. The summed E-state index contributed by atoms with van der Waals surface area (Å²) in [5.74, 6) is -3.62. The molecule has 2 aliphatic carbocycles. The highest BCUT2D eigenvalue weighted by atomic mass is 16.7. The van der Waals surface area contributed by atoms with Gasteiger partial charge in [-0.2, -0.15) is 0 Å². The second-order valence-electron chi connectivity index (χ2n) is 12.8. The Hall–Kier alpha value is -3.39. The Kier molecular flexibility index (Phi) is 10.4. The smallest absolute Gasteiger partial charge is 0.202 e. The van der Waals surface area contributed by atoms with E-state index in [1.165, 1.54) is 25.3 Å². The molecule has 3 aliphatic rings. The van der Waals surface area contributed by atoms with Gasteiger partial charge in [0, 0.05) is 42.0 Å². The van der Waals surface area contributed by atoms with Crippen molar-refractivity contribution < 1.29 is 54.1 Å². The zero-order valence-corrected chi connectivity index (χ0v) is 27.3. The molecule has 5 rings (SSSR count). The van der Waals surface area contributed by atoms with Crippen LogP contribution in [0.25, 0.3) is 0 Å². The van der Waals surface area contributed by atoms with Gasteiger partial charge in [0.2, 0.25) is 5.78 Å². The molecule has 1 heterocycles. The van der Waals surface area contributed by atoms with Gasteiger partial charge in [-0.3, -0.25) is 19.3 Å². The molecule has 0 spiro atoms. The van der Waals surface area contributed by atoms with E-state index in [1.54, 1.807) is 6.92 Å². The summed E-state index contributed by atoms with van der Waals surface area (Å²) in [7, 11) is 1.34. The summed E-state index contributed by atoms with van der Waals surface area (Å²) in [5, 5.41) is 55.8. The largest absolute Gasteiger partial charge is 0.507 e. The van der Waals surface area contributed by atoms with Crippen LogP contribution in [-0.4, -0.2) is 105 Å². The van der Waals surface area contributed by atoms with Crippen molar-refractivity contribution in [3.63, 3.8) is 0 Å². The van der Waals surface area contributed by atoms with E-state index >= 15 is 0 Å². The van der Waals surface area contributed by atoms with Crippen molar-refractivity contribution in [2.75, 3.05) is 26.8 Å². The summed E-state index contributed by atoms with van der Waals surface area (Å²) >= 11 is 0. The fourth-order valence-electron chi connectivity index (χ4n) is 7.22. The number of phenolic OH excluding ortho intramolecular Hbond substituents is 2. The summed E-state index contributed by atoms with van der Waals surface area (Å²) in [4.78, 5) is 42.7. The molecule has 0 bridgehead atoms. The van der Waals surface area contributed by atoms with Crippen molar-refractivity contribution in [1.29, 1.82) is 0 Å². The van der Waals surface area contributed by atoms with E-state index in [1.807, 2.05) is 0 Å². The van der Waals surface area contributed by atoms with E-state index in [4.69, 9.17) is 14.2 Å². The second-order valence-corrected chi connectivity index (χ2v) is 12.8. The number of unbranched alkanes of at least 4 members (excludes halogenated alkanes) is 2. The van der Waals surface area contributed by atoms with Gasteiger partial charge in [-0.15, -0.1) is 0 Å². The van der Waals surface area contributed by atoms with Gasteiger partial charge < -0.3 is 39.7 Å².